The Labute approximate surface area is 249 Å². The molecule has 0 aromatic heterocycles. The van der Waals surface area contributed by atoms with Gasteiger partial charge in [0.2, 0.25) is 11.8 Å². The van der Waals surface area contributed by atoms with E-state index >= 15 is 0 Å². The highest BCUT2D eigenvalue weighted by Gasteiger charge is 2.33. The number of aliphatic hydroxyl groups excluding tert-OH is 1. The number of hydrogen-bond acceptors (Lipinski definition) is 7. The first-order chi connectivity index (χ1) is 20.5. The minimum Gasteiger partial charge on any atom is -0.392 e. The molecule has 42 heavy (non-hydrogen) atoms. The van der Waals surface area contributed by atoms with E-state index in [1.165, 1.54) is 32.1 Å². The first-order valence-electron chi connectivity index (χ1n) is 15.6. The van der Waals surface area contributed by atoms with Gasteiger partial charge in [0, 0.05) is 37.9 Å². The first-order valence-corrected chi connectivity index (χ1v) is 15.6. The van der Waals surface area contributed by atoms with Crippen LogP contribution in [-0.4, -0.2) is 52.8 Å². The predicted octanol–water partition coefficient (Wildman–Crippen LogP) is 5.06. The molecule has 3 unspecified atom stereocenters. The fraction of sp³-hybridized carbons (Fsp3) is 0.576. The molecule has 4 rings (SSSR count). The summed E-state index contributed by atoms with van der Waals surface area (Å²) in [6.45, 7) is 3.58. The number of hydrogen-bond donors (Lipinski definition) is 4. The molecule has 4 N–H and O–H groups in total. The van der Waals surface area contributed by atoms with Crippen LogP contribution in [-0.2, 0) is 32.2 Å². The summed E-state index contributed by atoms with van der Waals surface area (Å²) in [4.78, 5) is 25.8. The van der Waals surface area contributed by atoms with E-state index in [0.29, 0.717) is 25.8 Å². The largest absolute Gasteiger partial charge is 0.392 e. The van der Waals surface area contributed by atoms with Crippen LogP contribution >= 0.6 is 0 Å². The number of aliphatic hydroxyl groups is 1. The zero-order chi connectivity index (χ0) is 29.6. The van der Waals surface area contributed by atoms with Gasteiger partial charge >= 0.3 is 0 Å². The zero-order valence-electron chi connectivity index (χ0n) is 24.6. The van der Waals surface area contributed by atoms with Gasteiger partial charge in [-0.3, -0.25) is 14.8 Å². The molecule has 2 saturated heterocycles. The molecule has 2 amide bonds. The quantitative estimate of drug-likeness (QED) is 0.148. The van der Waals surface area contributed by atoms with Crippen LogP contribution in [0.25, 0.3) is 0 Å². The molecule has 2 aromatic carbocycles. The van der Waals surface area contributed by atoms with Gasteiger partial charge in [-0.15, -0.1) is 0 Å². The second-order valence-corrected chi connectivity index (χ2v) is 11.5. The third kappa shape index (κ3) is 10.5. The Bertz CT molecular complexity index is 1090. The average Bonchev–Trinajstić information content (AvgIpc) is 3.01. The average molecular weight is 582 g/mol. The Morgan fingerprint density at radius 1 is 0.786 bits per heavy atom. The van der Waals surface area contributed by atoms with Gasteiger partial charge in [-0.1, -0.05) is 74.2 Å². The standard InChI is InChI=1S/C33H47N3O6/c37-24-26-13-15-27(16-14-26)30-21-29(23-36-19-7-2-1-3-8-20-36)41-33(42-30)28-17-11-25(12-18-28)22-34-31(38)9-5-4-6-10-32(39)35-40/h11-18,29-30,33,37,40H,1-10,19-24H2,(H,34,38)(H,35,39). The van der Waals surface area contributed by atoms with Gasteiger partial charge in [0.25, 0.3) is 0 Å². The van der Waals surface area contributed by atoms with Gasteiger partial charge in [0.05, 0.1) is 18.8 Å². The number of likely N-dealkylation sites (tertiary alicyclic amines) is 1. The number of nitrogens with one attached hydrogen (secondary N) is 2. The van der Waals surface area contributed by atoms with Crippen molar-refractivity contribution < 1.29 is 29.4 Å². The summed E-state index contributed by atoms with van der Waals surface area (Å²) in [5, 5.41) is 21.0. The normalized spacial score (nSPS) is 21.7. The van der Waals surface area contributed by atoms with Crippen LogP contribution in [0.5, 0.6) is 0 Å². The number of hydroxylamine groups is 1. The molecule has 0 spiro atoms. The van der Waals surface area contributed by atoms with Gasteiger partial charge in [-0.25, -0.2) is 5.48 Å². The zero-order valence-corrected chi connectivity index (χ0v) is 24.6. The minimum absolute atomic E-state index is 0.0213. The Morgan fingerprint density at radius 2 is 1.40 bits per heavy atom. The van der Waals surface area contributed by atoms with Crippen molar-refractivity contribution in [2.75, 3.05) is 19.6 Å². The second-order valence-electron chi connectivity index (χ2n) is 11.5. The maximum absolute atomic E-state index is 12.2. The highest BCUT2D eigenvalue weighted by Crippen LogP contribution is 2.38. The topological polar surface area (TPSA) is 120 Å². The Hall–Kier alpha value is -2.82. The molecule has 0 saturated carbocycles. The Morgan fingerprint density at radius 3 is 2.07 bits per heavy atom. The predicted molar refractivity (Wildman–Crippen MR) is 159 cm³/mol. The van der Waals surface area contributed by atoms with Crippen molar-refractivity contribution >= 4 is 11.8 Å². The maximum Gasteiger partial charge on any atom is 0.243 e. The van der Waals surface area contributed by atoms with Crippen molar-refractivity contribution in [2.24, 2.45) is 0 Å². The van der Waals surface area contributed by atoms with Crippen LogP contribution < -0.4 is 10.8 Å². The van der Waals surface area contributed by atoms with Crippen molar-refractivity contribution in [3.63, 3.8) is 0 Å². The molecule has 230 valence electrons. The number of carbonyl (C=O) groups is 2. The Balaban J connectivity index is 1.33. The van der Waals surface area contributed by atoms with Crippen LogP contribution in [0.15, 0.2) is 48.5 Å². The number of amides is 2. The van der Waals surface area contributed by atoms with Crippen molar-refractivity contribution in [2.45, 2.75) is 102 Å². The number of ether oxygens (including phenoxy) is 2. The number of rotatable bonds is 13. The monoisotopic (exact) mass is 581 g/mol. The minimum atomic E-state index is -0.488. The van der Waals surface area contributed by atoms with E-state index in [-0.39, 0.29) is 31.1 Å². The molecule has 9 nitrogen and oxygen atoms in total. The fourth-order valence-corrected chi connectivity index (χ4v) is 5.70. The van der Waals surface area contributed by atoms with Crippen LogP contribution in [0, 0.1) is 0 Å². The SMILES string of the molecule is O=C(CCCCCC(=O)NCc1ccc(C2OC(CN3CCCCCCC3)CC(c3ccc(CO)cc3)O2)cc1)NO. The third-order valence-electron chi connectivity index (χ3n) is 8.20. The molecular weight excluding hydrogens is 534 g/mol. The van der Waals surface area contributed by atoms with Crippen LogP contribution in [0.4, 0.5) is 0 Å². The summed E-state index contributed by atoms with van der Waals surface area (Å²) in [5.41, 5.74) is 5.54. The summed E-state index contributed by atoms with van der Waals surface area (Å²) < 4.78 is 13.1. The molecule has 0 radical (unpaired) electrons. The molecule has 0 bridgehead atoms. The number of nitrogens with zero attached hydrogens (tertiary/aromatic N) is 1. The van der Waals surface area contributed by atoms with Crippen LogP contribution in [0.2, 0.25) is 0 Å². The lowest BCUT2D eigenvalue weighted by atomic mass is 9.99. The first kappa shape index (κ1) is 32.1. The molecule has 9 heteroatoms. The molecule has 0 aliphatic carbocycles. The lowest BCUT2D eigenvalue weighted by Gasteiger charge is -2.38. The molecule has 2 aliphatic heterocycles. The lowest BCUT2D eigenvalue weighted by Crippen LogP contribution is -2.40. The van der Waals surface area contributed by atoms with Gasteiger partial charge < -0.3 is 24.8 Å². The van der Waals surface area contributed by atoms with Crippen molar-refractivity contribution in [3.8, 4) is 0 Å². The number of carbonyl (C=O) groups excluding carboxylic acids is 2. The van der Waals surface area contributed by atoms with E-state index in [2.05, 4.69) is 10.2 Å². The molecule has 2 fully saturated rings. The fourth-order valence-electron chi connectivity index (χ4n) is 5.70. The molecule has 2 aliphatic rings. The summed E-state index contributed by atoms with van der Waals surface area (Å²) in [5.74, 6) is -0.422. The van der Waals surface area contributed by atoms with E-state index in [9.17, 15) is 14.7 Å². The van der Waals surface area contributed by atoms with Crippen LogP contribution in [0.1, 0.15) is 105 Å². The lowest BCUT2D eigenvalue weighted by molar-refractivity contribution is -0.253. The number of unbranched alkanes of at least 4 members (excludes halogenated alkanes) is 2. The Kier molecular flexibility index (Phi) is 13.2. The molecule has 3 atom stereocenters. The van der Waals surface area contributed by atoms with Crippen molar-refractivity contribution in [1.82, 2.24) is 15.7 Å². The van der Waals surface area contributed by atoms with E-state index in [1.54, 1.807) is 5.48 Å². The van der Waals surface area contributed by atoms with Gasteiger partial charge in [0.15, 0.2) is 6.29 Å². The van der Waals surface area contributed by atoms with E-state index in [1.807, 2.05) is 48.5 Å². The van der Waals surface area contributed by atoms with Gasteiger partial charge in [-0.05, 0) is 55.5 Å². The van der Waals surface area contributed by atoms with Crippen molar-refractivity contribution in [3.05, 3.63) is 70.8 Å². The van der Waals surface area contributed by atoms with E-state index in [4.69, 9.17) is 14.7 Å². The third-order valence-corrected chi connectivity index (χ3v) is 8.20. The van der Waals surface area contributed by atoms with Crippen LogP contribution in [0.3, 0.4) is 0 Å². The highest BCUT2D eigenvalue weighted by atomic mass is 16.7. The summed E-state index contributed by atoms with van der Waals surface area (Å²) in [6, 6.07) is 16.0. The van der Waals surface area contributed by atoms with Gasteiger partial charge in [-0.2, -0.15) is 0 Å². The smallest absolute Gasteiger partial charge is 0.243 e. The molecule has 2 aromatic rings. The van der Waals surface area contributed by atoms with Crippen molar-refractivity contribution in [1.29, 1.82) is 0 Å². The highest BCUT2D eigenvalue weighted by molar-refractivity contribution is 5.76. The summed E-state index contributed by atoms with van der Waals surface area (Å²) in [7, 11) is 0. The maximum atomic E-state index is 12.2. The number of benzene rings is 2. The summed E-state index contributed by atoms with van der Waals surface area (Å²) >= 11 is 0. The molecular formula is C33H47N3O6. The second kappa shape index (κ2) is 17.3. The van der Waals surface area contributed by atoms with E-state index < -0.39 is 12.2 Å². The van der Waals surface area contributed by atoms with E-state index in [0.717, 1.165) is 54.7 Å². The molecule has 2 heterocycles. The van der Waals surface area contributed by atoms with Gasteiger partial charge in [0.1, 0.15) is 0 Å². The summed E-state index contributed by atoms with van der Waals surface area (Å²) in [6.07, 6.45) is 9.39.